The standard InChI is InChI=1S/C24H26N4O/c1-17-8-7-13-28(16-17)23-15-22(19-9-4-3-5-10-19)26-24(27-23)25-21-12-6-11-20(14-21)18(2)29/h3-6,9-12,14-15,17H,7-8,13,16H2,1-2H3,(H,25,26,27). The molecule has 0 amide bonds. The molecule has 1 atom stereocenters. The van der Waals surface area contributed by atoms with Crippen molar-refractivity contribution in [2.24, 2.45) is 5.92 Å². The van der Waals surface area contributed by atoms with Gasteiger partial charge in [0.25, 0.3) is 0 Å². The minimum Gasteiger partial charge on any atom is -0.356 e. The van der Waals surface area contributed by atoms with E-state index < -0.39 is 0 Å². The molecule has 5 heteroatoms. The number of Topliss-reactive ketones (excluding diaryl/α,β-unsaturated/α-hetero) is 1. The smallest absolute Gasteiger partial charge is 0.229 e. The van der Waals surface area contributed by atoms with Gasteiger partial charge < -0.3 is 10.2 Å². The second kappa shape index (κ2) is 8.43. The molecule has 3 aromatic rings. The fourth-order valence-electron chi connectivity index (χ4n) is 3.75. The molecule has 0 saturated carbocycles. The van der Waals surface area contributed by atoms with Crippen LogP contribution in [-0.4, -0.2) is 28.8 Å². The van der Waals surface area contributed by atoms with Crippen LogP contribution in [0.3, 0.4) is 0 Å². The lowest BCUT2D eigenvalue weighted by atomic mass is 10.0. The van der Waals surface area contributed by atoms with Crippen molar-refractivity contribution in [2.45, 2.75) is 26.7 Å². The number of aromatic nitrogens is 2. The Morgan fingerprint density at radius 1 is 1.07 bits per heavy atom. The summed E-state index contributed by atoms with van der Waals surface area (Å²) in [6.07, 6.45) is 2.44. The van der Waals surface area contributed by atoms with Crippen LogP contribution in [0.1, 0.15) is 37.0 Å². The zero-order valence-corrected chi connectivity index (χ0v) is 16.9. The molecule has 1 fully saturated rings. The second-order valence-electron chi connectivity index (χ2n) is 7.76. The Morgan fingerprint density at radius 3 is 2.66 bits per heavy atom. The summed E-state index contributed by atoms with van der Waals surface area (Å²) in [6.45, 7) is 5.87. The van der Waals surface area contributed by atoms with Crippen LogP contribution in [-0.2, 0) is 0 Å². The summed E-state index contributed by atoms with van der Waals surface area (Å²) in [5, 5.41) is 3.30. The van der Waals surface area contributed by atoms with Crippen LogP contribution in [0, 0.1) is 5.92 Å². The number of piperidine rings is 1. The minimum absolute atomic E-state index is 0.0376. The Kier molecular flexibility index (Phi) is 5.56. The number of carbonyl (C=O) groups excluding carboxylic acids is 1. The summed E-state index contributed by atoms with van der Waals surface area (Å²) in [4.78, 5) is 23.6. The maximum absolute atomic E-state index is 11.7. The molecule has 1 aliphatic heterocycles. The Morgan fingerprint density at radius 2 is 1.90 bits per heavy atom. The van der Waals surface area contributed by atoms with Gasteiger partial charge in [0.05, 0.1) is 5.69 Å². The topological polar surface area (TPSA) is 58.1 Å². The van der Waals surface area contributed by atoms with Crippen molar-refractivity contribution >= 4 is 23.2 Å². The first kappa shape index (κ1) is 19.1. The van der Waals surface area contributed by atoms with Gasteiger partial charge in [-0.1, -0.05) is 49.4 Å². The number of hydrogen-bond acceptors (Lipinski definition) is 5. The molecule has 0 spiro atoms. The number of benzene rings is 2. The molecule has 2 aromatic carbocycles. The number of nitrogens with zero attached hydrogens (tertiary/aromatic N) is 3. The Hall–Kier alpha value is -3.21. The first-order valence-electron chi connectivity index (χ1n) is 10.2. The van der Waals surface area contributed by atoms with Crippen molar-refractivity contribution in [1.29, 1.82) is 0 Å². The van der Waals surface area contributed by atoms with Gasteiger partial charge in [-0.05, 0) is 37.8 Å². The molecule has 1 unspecified atom stereocenters. The van der Waals surface area contributed by atoms with Crippen LogP contribution in [0.15, 0.2) is 60.7 Å². The van der Waals surface area contributed by atoms with E-state index in [-0.39, 0.29) is 5.78 Å². The molecule has 4 rings (SSSR count). The van der Waals surface area contributed by atoms with Gasteiger partial charge in [0.1, 0.15) is 5.82 Å². The molecule has 1 N–H and O–H groups in total. The van der Waals surface area contributed by atoms with Crippen LogP contribution in [0.25, 0.3) is 11.3 Å². The summed E-state index contributed by atoms with van der Waals surface area (Å²) in [5.41, 5.74) is 3.42. The Balaban J connectivity index is 1.71. The molecule has 0 bridgehead atoms. The molecule has 2 heterocycles. The average molecular weight is 386 g/mol. The van der Waals surface area contributed by atoms with E-state index in [0.717, 1.165) is 35.9 Å². The number of nitrogens with one attached hydrogen (secondary N) is 1. The monoisotopic (exact) mass is 386 g/mol. The third-order valence-corrected chi connectivity index (χ3v) is 5.29. The van der Waals surface area contributed by atoms with Gasteiger partial charge in [0.2, 0.25) is 5.95 Å². The fourth-order valence-corrected chi connectivity index (χ4v) is 3.75. The first-order chi connectivity index (χ1) is 14.1. The van der Waals surface area contributed by atoms with Gasteiger partial charge in [-0.2, -0.15) is 4.98 Å². The molecule has 1 aliphatic rings. The highest BCUT2D eigenvalue weighted by atomic mass is 16.1. The lowest BCUT2D eigenvalue weighted by Gasteiger charge is -2.32. The van der Waals surface area contributed by atoms with Gasteiger partial charge in [-0.3, -0.25) is 4.79 Å². The zero-order chi connectivity index (χ0) is 20.2. The van der Waals surface area contributed by atoms with Gasteiger partial charge in [0, 0.05) is 36.0 Å². The SMILES string of the molecule is CC(=O)c1cccc(Nc2nc(-c3ccccc3)cc(N3CCCC(C)C3)n2)c1. The summed E-state index contributed by atoms with van der Waals surface area (Å²) < 4.78 is 0. The van der Waals surface area contributed by atoms with E-state index in [0.29, 0.717) is 17.4 Å². The van der Waals surface area contributed by atoms with Crippen molar-refractivity contribution in [2.75, 3.05) is 23.3 Å². The number of rotatable bonds is 5. The molecular weight excluding hydrogens is 360 g/mol. The molecule has 1 saturated heterocycles. The van der Waals surface area contributed by atoms with Gasteiger partial charge in [0.15, 0.2) is 5.78 Å². The first-order valence-corrected chi connectivity index (χ1v) is 10.2. The lowest BCUT2D eigenvalue weighted by molar-refractivity contribution is 0.101. The van der Waals surface area contributed by atoms with E-state index in [1.54, 1.807) is 6.92 Å². The van der Waals surface area contributed by atoms with Crippen molar-refractivity contribution < 1.29 is 4.79 Å². The number of anilines is 3. The number of carbonyl (C=O) groups is 1. The minimum atomic E-state index is 0.0376. The number of hydrogen-bond donors (Lipinski definition) is 1. The Labute approximate surface area is 171 Å². The normalized spacial score (nSPS) is 16.5. The van der Waals surface area contributed by atoms with E-state index in [2.05, 4.69) is 35.3 Å². The van der Waals surface area contributed by atoms with E-state index in [1.807, 2.05) is 42.5 Å². The molecule has 0 aliphatic carbocycles. The van der Waals surface area contributed by atoms with E-state index in [4.69, 9.17) is 9.97 Å². The average Bonchev–Trinajstić information content (AvgIpc) is 2.74. The maximum atomic E-state index is 11.7. The Bertz CT molecular complexity index is 1000. The zero-order valence-electron chi connectivity index (χ0n) is 16.9. The molecule has 29 heavy (non-hydrogen) atoms. The highest BCUT2D eigenvalue weighted by molar-refractivity contribution is 5.95. The second-order valence-corrected chi connectivity index (χ2v) is 7.76. The predicted molar refractivity (Wildman–Crippen MR) is 118 cm³/mol. The van der Waals surface area contributed by atoms with Gasteiger partial charge in [-0.15, -0.1) is 0 Å². The van der Waals surface area contributed by atoms with Gasteiger partial charge >= 0.3 is 0 Å². The molecule has 1 aromatic heterocycles. The highest BCUT2D eigenvalue weighted by Crippen LogP contribution is 2.28. The van der Waals surface area contributed by atoms with Crippen molar-refractivity contribution in [3.8, 4) is 11.3 Å². The van der Waals surface area contributed by atoms with Crippen molar-refractivity contribution in [1.82, 2.24) is 9.97 Å². The van der Waals surface area contributed by atoms with Crippen LogP contribution in [0.4, 0.5) is 17.5 Å². The van der Waals surface area contributed by atoms with Crippen molar-refractivity contribution in [3.63, 3.8) is 0 Å². The molecule has 0 radical (unpaired) electrons. The maximum Gasteiger partial charge on any atom is 0.229 e. The summed E-state index contributed by atoms with van der Waals surface area (Å²) in [6, 6.07) is 19.7. The summed E-state index contributed by atoms with van der Waals surface area (Å²) >= 11 is 0. The van der Waals surface area contributed by atoms with E-state index in [1.165, 1.54) is 12.8 Å². The van der Waals surface area contributed by atoms with E-state index in [9.17, 15) is 4.79 Å². The van der Waals surface area contributed by atoms with Gasteiger partial charge in [-0.25, -0.2) is 4.98 Å². The quantitative estimate of drug-likeness (QED) is 0.601. The lowest BCUT2D eigenvalue weighted by Crippen LogP contribution is -2.35. The van der Waals surface area contributed by atoms with Crippen molar-refractivity contribution in [3.05, 3.63) is 66.2 Å². The summed E-state index contributed by atoms with van der Waals surface area (Å²) in [5.74, 6) is 2.18. The molecule has 148 valence electrons. The highest BCUT2D eigenvalue weighted by Gasteiger charge is 2.19. The third kappa shape index (κ3) is 4.62. The van der Waals surface area contributed by atoms with Crippen LogP contribution in [0.2, 0.25) is 0 Å². The molecule has 5 nitrogen and oxygen atoms in total. The fraction of sp³-hybridized carbons (Fsp3) is 0.292. The van der Waals surface area contributed by atoms with Crippen LogP contribution >= 0.6 is 0 Å². The third-order valence-electron chi connectivity index (χ3n) is 5.29. The largest absolute Gasteiger partial charge is 0.356 e. The summed E-state index contributed by atoms with van der Waals surface area (Å²) in [7, 11) is 0. The van der Waals surface area contributed by atoms with Crippen LogP contribution in [0.5, 0.6) is 0 Å². The predicted octanol–water partition coefficient (Wildman–Crippen LogP) is 5.33. The van der Waals surface area contributed by atoms with Crippen LogP contribution < -0.4 is 10.2 Å². The van der Waals surface area contributed by atoms with E-state index >= 15 is 0 Å². The molecular formula is C24H26N4O. The number of ketones is 1.